The van der Waals surface area contributed by atoms with Gasteiger partial charge in [0.05, 0.1) is 12.2 Å². The predicted molar refractivity (Wildman–Crippen MR) is 147 cm³/mol. The molecular formula is C29H34F2N6O3. The summed E-state index contributed by atoms with van der Waals surface area (Å²) < 4.78 is 35.5. The Balaban J connectivity index is 1.29. The molecule has 1 unspecified atom stereocenters. The molecule has 1 atom stereocenters. The molecule has 1 aromatic carbocycles. The molecule has 2 fully saturated rings. The fourth-order valence-corrected chi connectivity index (χ4v) is 5.20. The van der Waals surface area contributed by atoms with Gasteiger partial charge in [-0.25, -0.2) is 23.1 Å². The van der Waals surface area contributed by atoms with Crippen molar-refractivity contribution in [1.82, 2.24) is 24.4 Å². The van der Waals surface area contributed by atoms with Crippen molar-refractivity contribution in [3.05, 3.63) is 65.5 Å². The van der Waals surface area contributed by atoms with Gasteiger partial charge in [-0.3, -0.25) is 4.79 Å². The van der Waals surface area contributed by atoms with Crippen LogP contribution < -0.4 is 4.90 Å². The van der Waals surface area contributed by atoms with E-state index in [1.54, 1.807) is 32.8 Å². The van der Waals surface area contributed by atoms with Gasteiger partial charge < -0.3 is 19.4 Å². The summed E-state index contributed by atoms with van der Waals surface area (Å²) in [5.41, 5.74) is 0.961. The van der Waals surface area contributed by atoms with Crippen molar-refractivity contribution < 1.29 is 23.1 Å². The number of benzene rings is 1. The van der Waals surface area contributed by atoms with Crippen molar-refractivity contribution in [2.24, 2.45) is 0 Å². The van der Waals surface area contributed by atoms with E-state index in [9.17, 15) is 18.4 Å². The zero-order chi connectivity index (χ0) is 28.4. The number of hydrogen-bond acceptors (Lipinski definition) is 6. The Morgan fingerprint density at radius 3 is 2.60 bits per heavy atom. The molecule has 2 aromatic heterocycles. The lowest BCUT2D eigenvalue weighted by Crippen LogP contribution is -2.39. The average molecular weight is 553 g/mol. The molecule has 5 rings (SSSR count). The number of halogens is 2. The van der Waals surface area contributed by atoms with E-state index in [4.69, 9.17) is 9.72 Å². The van der Waals surface area contributed by atoms with E-state index in [-0.39, 0.29) is 18.0 Å². The van der Waals surface area contributed by atoms with E-state index < -0.39 is 17.2 Å². The maximum absolute atomic E-state index is 14.6. The highest BCUT2D eigenvalue weighted by Gasteiger charge is 2.30. The van der Waals surface area contributed by atoms with Crippen molar-refractivity contribution in [3.8, 4) is 0 Å². The van der Waals surface area contributed by atoms with Crippen LogP contribution in [0.15, 0.2) is 42.7 Å². The molecule has 0 spiro atoms. The lowest BCUT2D eigenvalue weighted by Gasteiger charge is -2.26. The first-order valence-electron chi connectivity index (χ1n) is 13.6. The normalized spacial score (nSPS) is 18.5. The number of hydrogen-bond donors (Lipinski definition) is 0. The van der Waals surface area contributed by atoms with Crippen LogP contribution in [-0.2, 0) is 9.53 Å². The molecule has 2 aliphatic rings. The van der Waals surface area contributed by atoms with Gasteiger partial charge in [-0.05, 0) is 70.4 Å². The summed E-state index contributed by atoms with van der Waals surface area (Å²) in [6.45, 7) is 8.02. The second kappa shape index (κ2) is 11.2. The van der Waals surface area contributed by atoms with Crippen molar-refractivity contribution in [2.45, 2.75) is 51.7 Å². The minimum atomic E-state index is -0.574. The number of nitrogens with zero attached hydrogens (tertiary/aromatic N) is 6. The smallest absolute Gasteiger partial charge is 0.410 e. The van der Waals surface area contributed by atoms with E-state index in [1.807, 2.05) is 31.7 Å². The summed E-state index contributed by atoms with van der Waals surface area (Å²) in [6.07, 6.45) is 8.39. The Morgan fingerprint density at radius 1 is 1.02 bits per heavy atom. The first-order valence-corrected chi connectivity index (χ1v) is 13.6. The third-order valence-electron chi connectivity index (χ3n) is 7.11. The van der Waals surface area contributed by atoms with Gasteiger partial charge in [0.1, 0.15) is 23.1 Å². The van der Waals surface area contributed by atoms with Crippen LogP contribution in [0.25, 0.3) is 11.7 Å². The van der Waals surface area contributed by atoms with Crippen molar-refractivity contribution >= 4 is 29.5 Å². The molecular weight excluding hydrogens is 518 g/mol. The third kappa shape index (κ3) is 6.08. The van der Waals surface area contributed by atoms with Crippen LogP contribution in [-0.4, -0.2) is 74.7 Å². The van der Waals surface area contributed by atoms with Gasteiger partial charge in [-0.2, -0.15) is 5.10 Å². The van der Waals surface area contributed by atoms with E-state index in [0.29, 0.717) is 68.2 Å². The van der Waals surface area contributed by atoms with Crippen molar-refractivity contribution in [2.75, 3.05) is 37.6 Å². The summed E-state index contributed by atoms with van der Waals surface area (Å²) in [6, 6.07) is 5.02. The highest BCUT2D eigenvalue weighted by atomic mass is 19.1. The number of rotatable bonds is 4. The number of amides is 2. The van der Waals surface area contributed by atoms with Crippen LogP contribution in [0.2, 0.25) is 0 Å². The summed E-state index contributed by atoms with van der Waals surface area (Å²) in [4.78, 5) is 35.6. The fraction of sp³-hybridized carbons (Fsp3) is 0.448. The molecule has 2 amide bonds. The third-order valence-corrected chi connectivity index (χ3v) is 7.11. The molecule has 0 radical (unpaired) electrons. The topological polar surface area (TPSA) is 83.3 Å². The molecule has 2 saturated heterocycles. The molecule has 0 N–H and O–H groups in total. The number of carbonyl (C=O) groups excluding carboxylic acids is 2. The zero-order valence-corrected chi connectivity index (χ0v) is 23.0. The standard InChI is InChI=1S/C29H34F2N6O3/c1-29(2,3)40-28(39)35-13-5-12-34(16-17-35)26(38)10-7-20-19-32-37-15-11-25(33-27(20)37)36-14-4-6-24(36)22-18-21(30)8-9-23(22)31/h7-11,15,18-19,24H,4-6,12-14,16-17H2,1-3H3. The van der Waals surface area contributed by atoms with E-state index in [0.717, 1.165) is 18.6 Å². The highest BCUT2D eigenvalue weighted by Crippen LogP contribution is 2.37. The van der Waals surface area contributed by atoms with Crippen LogP contribution in [0, 0.1) is 11.6 Å². The van der Waals surface area contributed by atoms with Gasteiger partial charge in [0, 0.05) is 56.1 Å². The van der Waals surface area contributed by atoms with Gasteiger partial charge in [-0.15, -0.1) is 0 Å². The predicted octanol–water partition coefficient (Wildman–Crippen LogP) is 4.83. The maximum atomic E-state index is 14.6. The van der Waals surface area contributed by atoms with Crippen LogP contribution in [0.3, 0.4) is 0 Å². The molecule has 9 nitrogen and oxygen atoms in total. The Bertz CT molecular complexity index is 1430. The van der Waals surface area contributed by atoms with Gasteiger partial charge in [0.15, 0.2) is 5.65 Å². The Morgan fingerprint density at radius 2 is 1.80 bits per heavy atom. The summed E-state index contributed by atoms with van der Waals surface area (Å²) >= 11 is 0. The first-order chi connectivity index (χ1) is 19.1. The largest absolute Gasteiger partial charge is 0.444 e. The Kier molecular flexibility index (Phi) is 7.73. The summed E-state index contributed by atoms with van der Waals surface area (Å²) in [5, 5.41) is 4.35. The molecule has 212 valence electrons. The second-order valence-corrected chi connectivity index (χ2v) is 11.2. The first kappa shape index (κ1) is 27.5. The van der Waals surface area contributed by atoms with Crippen LogP contribution >= 0.6 is 0 Å². The maximum Gasteiger partial charge on any atom is 0.410 e. The number of anilines is 1. The zero-order valence-electron chi connectivity index (χ0n) is 23.0. The number of fused-ring (bicyclic) bond motifs is 1. The van der Waals surface area contributed by atoms with Gasteiger partial charge in [-0.1, -0.05) is 0 Å². The van der Waals surface area contributed by atoms with Crippen LogP contribution in [0.5, 0.6) is 0 Å². The Hall–Kier alpha value is -4.02. The quantitative estimate of drug-likeness (QED) is 0.431. The molecule has 0 bridgehead atoms. The summed E-state index contributed by atoms with van der Waals surface area (Å²) in [5.74, 6) is -0.437. The molecule has 11 heteroatoms. The van der Waals surface area contributed by atoms with Crippen molar-refractivity contribution in [3.63, 3.8) is 0 Å². The summed E-state index contributed by atoms with van der Waals surface area (Å²) in [7, 11) is 0. The van der Waals surface area contributed by atoms with E-state index >= 15 is 0 Å². The van der Waals surface area contributed by atoms with Crippen molar-refractivity contribution in [1.29, 1.82) is 0 Å². The van der Waals surface area contributed by atoms with Crippen LogP contribution in [0.1, 0.15) is 57.2 Å². The molecule has 2 aliphatic heterocycles. The minimum absolute atomic E-state index is 0.164. The van der Waals surface area contributed by atoms with Gasteiger partial charge in [0.25, 0.3) is 0 Å². The van der Waals surface area contributed by atoms with Crippen LogP contribution in [0.4, 0.5) is 19.4 Å². The SMILES string of the molecule is CC(C)(C)OC(=O)N1CCCN(C(=O)C=Cc2cnn3ccc(N4CCCC4c4cc(F)ccc4F)nc23)CC1. The molecule has 40 heavy (non-hydrogen) atoms. The average Bonchev–Trinajstić information content (AvgIpc) is 3.47. The van der Waals surface area contributed by atoms with Gasteiger partial charge in [0.2, 0.25) is 5.91 Å². The molecule has 4 heterocycles. The molecule has 3 aromatic rings. The number of carbonyl (C=O) groups is 2. The number of ether oxygens (including phenoxy) is 1. The van der Waals surface area contributed by atoms with Gasteiger partial charge >= 0.3 is 6.09 Å². The monoisotopic (exact) mass is 552 g/mol. The fourth-order valence-electron chi connectivity index (χ4n) is 5.20. The lowest BCUT2D eigenvalue weighted by atomic mass is 10.0. The van der Waals surface area contributed by atoms with E-state index in [1.165, 1.54) is 12.1 Å². The molecule has 0 aliphatic carbocycles. The molecule has 0 saturated carbocycles. The second-order valence-electron chi connectivity index (χ2n) is 11.2. The lowest BCUT2D eigenvalue weighted by molar-refractivity contribution is -0.125. The highest BCUT2D eigenvalue weighted by molar-refractivity contribution is 5.92. The van der Waals surface area contributed by atoms with E-state index in [2.05, 4.69) is 5.10 Å². The Labute approximate surface area is 232 Å². The minimum Gasteiger partial charge on any atom is -0.444 e. The number of aromatic nitrogens is 3.